The van der Waals surface area contributed by atoms with Crippen LogP contribution < -0.4 is 15.6 Å². The number of fused-ring (bicyclic) bond motifs is 1. The Balaban J connectivity index is 1.90. The minimum atomic E-state index is -0.260. The van der Waals surface area contributed by atoms with Crippen LogP contribution in [0.25, 0.3) is 0 Å². The molecule has 0 aliphatic heterocycles. The van der Waals surface area contributed by atoms with Gasteiger partial charge in [-0.1, -0.05) is 6.42 Å². The lowest BCUT2D eigenvalue weighted by Gasteiger charge is -2.13. The van der Waals surface area contributed by atoms with Crippen LogP contribution in [-0.4, -0.2) is 31.6 Å². The molecule has 0 atom stereocenters. The van der Waals surface area contributed by atoms with Gasteiger partial charge in [-0.3, -0.25) is 9.59 Å². The van der Waals surface area contributed by atoms with Crippen LogP contribution in [-0.2, 0) is 12.8 Å². The molecule has 2 N–H and O–H groups in total. The second-order valence-electron chi connectivity index (χ2n) is 7.66. The van der Waals surface area contributed by atoms with Gasteiger partial charge in [-0.25, -0.2) is 5.43 Å². The Morgan fingerprint density at radius 1 is 1.00 bits per heavy atom. The van der Waals surface area contributed by atoms with Crippen molar-refractivity contribution < 1.29 is 9.59 Å². The van der Waals surface area contributed by atoms with Crippen molar-refractivity contribution in [3.63, 3.8) is 0 Å². The number of carbonyl (C=O) groups excluding carboxylic acids is 2. The highest BCUT2D eigenvalue weighted by atomic mass is 32.1. The Kier molecular flexibility index (Phi) is 6.69. The molecule has 2 amide bonds. The number of benzene rings is 1. The SMILES string of the molecule is CC(C)=NNC(=O)c1c(NC(=O)c2ccc(N(C)C)cc2)sc2c1CCCCC2. The fourth-order valence-electron chi connectivity index (χ4n) is 3.38. The molecular formula is C22H28N4O2S. The van der Waals surface area contributed by atoms with Crippen LogP contribution in [0.1, 0.15) is 64.3 Å². The zero-order chi connectivity index (χ0) is 21.0. The van der Waals surface area contributed by atoms with E-state index in [1.807, 2.05) is 45.0 Å². The third kappa shape index (κ3) is 5.03. The first kappa shape index (κ1) is 21.0. The number of nitrogens with zero attached hydrogens (tertiary/aromatic N) is 2. The molecule has 6 nitrogen and oxygen atoms in total. The molecule has 3 rings (SSSR count). The molecule has 0 unspecified atom stereocenters. The van der Waals surface area contributed by atoms with Crippen molar-refractivity contribution in [2.75, 3.05) is 24.3 Å². The molecule has 1 aliphatic rings. The summed E-state index contributed by atoms with van der Waals surface area (Å²) >= 11 is 1.52. The molecule has 0 saturated heterocycles. The predicted molar refractivity (Wildman–Crippen MR) is 121 cm³/mol. The summed E-state index contributed by atoms with van der Waals surface area (Å²) in [5.74, 6) is -0.472. The number of thiophene rings is 1. The number of nitrogens with one attached hydrogen (secondary N) is 2. The maximum Gasteiger partial charge on any atom is 0.274 e. The molecule has 154 valence electrons. The topological polar surface area (TPSA) is 73.8 Å². The normalized spacial score (nSPS) is 13.1. The molecule has 7 heteroatoms. The Morgan fingerprint density at radius 3 is 2.34 bits per heavy atom. The van der Waals surface area contributed by atoms with Gasteiger partial charge >= 0.3 is 0 Å². The fourth-order valence-corrected chi connectivity index (χ4v) is 4.66. The van der Waals surface area contributed by atoms with Gasteiger partial charge in [0.15, 0.2) is 0 Å². The first-order valence-electron chi connectivity index (χ1n) is 9.91. The van der Waals surface area contributed by atoms with Gasteiger partial charge in [-0.15, -0.1) is 11.3 Å². The molecule has 1 heterocycles. The van der Waals surface area contributed by atoms with E-state index in [1.165, 1.54) is 16.2 Å². The van der Waals surface area contributed by atoms with Gasteiger partial charge in [0.25, 0.3) is 11.8 Å². The van der Waals surface area contributed by atoms with Crippen molar-refractivity contribution in [3.8, 4) is 0 Å². The molecule has 0 saturated carbocycles. The smallest absolute Gasteiger partial charge is 0.274 e. The quantitative estimate of drug-likeness (QED) is 0.433. The molecular weight excluding hydrogens is 384 g/mol. The summed E-state index contributed by atoms with van der Waals surface area (Å²) < 4.78 is 0. The van der Waals surface area contributed by atoms with Gasteiger partial charge in [0, 0.05) is 35.9 Å². The van der Waals surface area contributed by atoms with Crippen LogP contribution in [0.15, 0.2) is 29.4 Å². The third-order valence-electron chi connectivity index (χ3n) is 4.90. The highest BCUT2D eigenvalue weighted by Crippen LogP contribution is 2.37. The van der Waals surface area contributed by atoms with Crippen molar-refractivity contribution in [2.24, 2.45) is 5.10 Å². The molecule has 0 radical (unpaired) electrons. The number of amides is 2. The number of hydrazone groups is 1. The standard InChI is InChI=1S/C22H28N4O2S/c1-14(2)24-25-21(28)19-17-8-6-5-7-9-18(17)29-22(19)23-20(27)15-10-12-16(13-11-15)26(3)4/h10-13H,5-9H2,1-4H3,(H,23,27)(H,25,28). The van der Waals surface area contributed by atoms with E-state index in [0.717, 1.165) is 49.1 Å². The summed E-state index contributed by atoms with van der Waals surface area (Å²) in [6.45, 7) is 3.66. The van der Waals surface area contributed by atoms with E-state index in [4.69, 9.17) is 0 Å². The monoisotopic (exact) mass is 412 g/mol. The van der Waals surface area contributed by atoms with Gasteiger partial charge < -0.3 is 10.2 Å². The summed E-state index contributed by atoms with van der Waals surface area (Å²) in [4.78, 5) is 28.9. The maximum absolute atomic E-state index is 12.9. The first-order valence-corrected chi connectivity index (χ1v) is 10.7. The molecule has 0 fully saturated rings. The van der Waals surface area contributed by atoms with Crippen molar-refractivity contribution in [2.45, 2.75) is 46.0 Å². The second-order valence-corrected chi connectivity index (χ2v) is 8.77. The summed E-state index contributed by atoms with van der Waals surface area (Å²) in [5, 5.41) is 7.65. The summed E-state index contributed by atoms with van der Waals surface area (Å²) in [6.07, 6.45) is 5.13. The molecule has 1 aromatic carbocycles. The lowest BCUT2D eigenvalue weighted by Crippen LogP contribution is -2.22. The Bertz CT molecular complexity index is 925. The summed E-state index contributed by atoms with van der Waals surface area (Å²) in [6, 6.07) is 7.41. The molecule has 0 bridgehead atoms. The van der Waals surface area contributed by atoms with Gasteiger partial charge in [0.1, 0.15) is 5.00 Å². The minimum Gasteiger partial charge on any atom is -0.378 e. The van der Waals surface area contributed by atoms with Gasteiger partial charge in [-0.2, -0.15) is 5.10 Å². The number of anilines is 2. The van der Waals surface area contributed by atoms with E-state index in [2.05, 4.69) is 15.8 Å². The molecule has 2 aromatic rings. The van der Waals surface area contributed by atoms with Crippen molar-refractivity contribution in [3.05, 3.63) is 45.8 Å². The third-order valence-corrected chi connectivity index (χ3v) is 6.11. The number of hydrogen-bond donors (Lipinski definition) is 2. The van der Waals surface area contributed by atoms with E-state index in [-0.39, 0.29) is 11.8 Å². The summed E-state index contributed by atoms with van der Waals surface area (Å²) in [5.41, 5.74) is 6.61. The van der Waals surface area contributed by atoms with Crippen molar-refractivity contribution in [1.29, 1.82) is 0 Å². The number of rotatable bonds is 5. The Labute approximate surface area is 176 Å². The van der Waals surface area contributed by atoms with E-state index < -0.39 is 0 Å². The van der Waals surface area contributed by atoms with E-state index >= 15 is 0 Å². The van der Waals surface area contributed by atoms with Gasteiger partial charge in [0.2, 0.25) is 0 Å². The van der Waals surface area contributed by atoms with Crippen LogP contribution >= 0.6 is 11.3 Å². The molecule has 29 heavy (non-hydrogen) atoms. The van der Waals surface area contributed by atoms with Gasteiger partial charge in [-0.05, 0) is 69.4 Å². The maximum atomic E-state index is 12.9. The minimum absolute atomic E-state index is 0.212. The first-order chi connectivity index (χ1) is 13.9. The van der Waals surface area contributed by atoms with Crippen LogP contribution in [0.3, 0.4) is 0 Å². The van der Waals surface area contributed by atoms with E-state index in [9.17, 15) is 9.59 Å². The van der Waals surface area contributed by atoms with E-state index in [0.29, 0.717) is 16.1 Å². The largest absolute Gasteiger partial charge is 0.378 e. The lowest BCUT2D eigenvalue weighted by molar-refractivity contribution is 0.0955. The molecule has 1 aromatic heterocycles. The van der Waals surface area contributed by atoms with Crippen LogP contribution in [0.4, 0.5) is 10.7 Å². The predicted octanol–water partition coefficient (Wildman–Crippen LogP) is 4.46. The average molecular weight is 413 g/mol. The second kappa shape index (κ2) is 9.22. The zero-order valence-corrected chi connectivity index (χ0v) is 18.3. The highest BCUT2D eigenvalue weighted by Gasteiger charge is 2.26. The highest BCUT2D eigenvalue weighted by molar-refractivity contribution is 7.17. The summed E-state index contributed by atoms with van der Waals surface area (Å²) in [7, 11) is 3.92. The van der Waals surface area contributed by atoms with Crippen molar-refractivity contribution in [1.82, 2.24) is 5.43 Å². The number of aryl methyl sites for hydroxylation is 1. The molecule has 0 spiro atoms. The van der Waals surface area contributed by atoms with Crippen LogP contribution in [0.5, 0.6) is 0 Å². The van der Waals surface area contributed by atoms with Gasteiger partial charge in [0.05, 0.1) is 5.56 Å². The van der Waals surface area contributed by atoms with Crippen molar-refractivity contribution >= 4 is 39.6 Å². The Hall–Kier alpha value is -2.67. The fraction of sp³-hybridized carbons (Fsp3) is 0.409. The average Bonchev–Trinajstić information content (AvgIpc) is 2.86. The molecule has 1 aliphatic carbocycles. The zero-order valence-electron chi connectivity index (χ0n) is 17.5. The number of carbonyl (C=O) groups is 2. The lowest BCUT2D eigenvalue weighted by atomic mass is 10.0. The Morgan fingerprint density at radius 2 is 1.69 bits per heavy atom. The van der Waals surface area contributed by atoms with Crippen LogP contribution in [0.2, 0.25) is 0 Å². The van der Waals surface area contributed by atoms with Crippen LogP contribution in [0, 0.1) is 0 Å². The van der Waals surface area contributed by atoms with E-state index in [1.54, 1.807) is 12.1 Å². The number of hydrogen-bond acceptors (Lipinski definition) is 5.